The number of carbonyl (C=O) groups is 1. The van der Waals surface area contributed by atoms with E-state index in [0.717, 1.165) is 5.56 Å². The van der Waals surface area contributed by atoms with Gasteiger partial charge in [-0.05, 0) is 29.8 Å². The Morgan fingerprint density at radius 2 is 1.82 bits per heavy atom. The number of phenolic OH excluding ortho intramolecular Hbond substituents is 3. The van der Waals surface area contributed by atoms with E-state index in [-0.39, 0.29) is 40.3 Å². The van der Waals surface area contributed by atoms with Gasteiger partial charge in [0.05, 0.1) is 17.6 Å². The quantitative estimate of drug-likeness (QED) is 0.737. The van der Waals surface area contributed by atoms with Crippen LogP contribution < -0.4 is 4.74 Å². The highest BCUT2D eigenvalue weighted by atomic mass is 32.2. The van der Waals surface area contributed by atoms with E-state index in [0.29, 0.717) is 10.6 Å². The van der Waals surface area contributed by atoms with Crippen molar-refractivity contribution in [3.05, 3.63) is 41.5 Å². The van der Waals surface area contributed by atoms with Gasteiger partial charge >= 0.3 is 0 Å². The van der Waals surface area contributed by atoms with Gasteiger partial charge in [-0.3, -0.25) is 4.79 Å². The van der Waals surface area contributed by atoms with E-state index in [1.165, 1.54) is 37.1 Å². The predicted molar refractivity (Wildman–Crippen MR) is 82.0 cm³/mol. The monoisotopic (exact) mass is 318 g/mol. The number of phenols is 3. The minimum absolute atomic E-state index is 0.0553. The van der Waals surface area contributed by atoms with E-state index in [9.17, 15) is 20.1 Å². The Morgan fingerprint density at radius 3 is 2.50 bits per heavy atom. The first-order chi connectivity index (χ1) is 10.5. The maximum atomic E-state index is 12.4. The van der Waals surface area contributed by atoms with Crippen molar-refractivity contribution in [2.24, 2.45) is 0 Å². The molecule has 2 aromatic rings. The zero-order valence-corrected chi connectivity index (χ0v) is 12.6. The number of methoxy groups -OCH3 is 1. The molecule has 0 fully saturated rings. The molecule has 2 aromatic carbocycles. The molecule has 0 radical (unpaired) electrons. The third-order valence-electron chi connectivity index (χ3n) is 3.60. The van der Waals surface area contributed by atoms with Gasteiger partial charge in [0.15, 0.2) is 17.3 Å². The maximum Gasteiger partial charge on any atom is 0.169 e. The van der Waals surface area contributed by atoms with Crippen molar-refractivity contribution in [2.75, 3.05) is 7.11 Å². The van der Waals surface area contributed by atoms with Crippen molar-refractivity contribution in [3.63, 3.8) is 0 Å². The van der Waals surface area contributed by atoms with E-state index in [1.54, 1.807) is 12.1 Å². The molecule has 1 aliphatic heterocycles. The molecule has 0 saturated carbocycles. The van der Waals surface area contributed by atoms with Gasteiger partial charge in [0, 0.05) is 11.7 Å². The Labute approximate surface area is 131 Å². The van der Waals surface area contributed by atoms with Gasteiger partial charge in [-0.1, -0.05) is 6.07 Å². The summed E-state index contributed by atoms with van der Waals surface area (Å²) in [5.74, 6) is -0.132. The first-order valence-electron chi connectivity index (χ1n) is 6.63. The molecule has 0 saturated heterocycles. The summed E-state index contributed by atoms with van der Waals surface area (Å²) in [5.41, 5.74) is 1.01. The van der Waals surface area contributed by atoms with E-state index in [4.69, 9.17) is 4.74 Å². The molecule has 0 amide bonds. The highest BCUT2D eigenvalue weighted by molar-refractivity contribution is 7.99. The number of hydrogen-bond donors (Lipinski definition) is 3. The molecule has 3 N–H and O–H groups in total. The third-order valence-corrected chi connectivity index (χ3v) is 4.96. The minimum atomic E-state index is -0.223. The zero-order chi connectivity index (χ0) is 15.9. The van der Waals surface area contributed by atoms with Gasteiger partial charge < -0.3 is 20.1 Å². The van der Waals surface area contributed by atoms with E-state index in [2.05, 4.69) is 0 Å². The van der Waals surface area contributed by atoms with E-state index >= 15 is 0 Å². The molecule has 1 unspecified atom stereocenters. The first kappa shape index (κ1) is 14.6. The number of benzene rings is 2. The summed E-state index contributed by atoms with van der Waals surface area (Å²) >= 11 is 1.40. The lowest BCUT2D eigenvalue weighted by molar-refractivity contribution is 0.0973. The van der Waals surface area contributed by atoms with Crippen LogP contribution in [-0.4, -0.2) is 28.2 Å². The Kier molecular flexibility index (Phi) is 3.62. The largest absolute Gasteiger partial charge is 0.507 e. The smallest absolute Gasteiger partial charge is 0.169 e. The molecule has 5 nitrogen and oxygen atoms in total. The number of aromatic hydroxyl groups is 3. The Hall–Kier alpha value is -2.34. The van der Waals surface area contributed by atoms with Gasteiger partial charge in [0.1, 0.15) is 11.5 Å². The fourth-order valence-electron chi connectivity index (χ4n) is 2.48. The van der Waals surface area contributed by atoms with Crippen LogP contribution in [-0.2, 0) is 0 Å². The van der Waals surface area contributed by atoms with Crippen molar-refractivity contribution < 1.29 is 24.9 Å². The lowest BCUT2D eigenvalue weighted by atomic mass is 10.00. The van der Waals surface area contributed by atoms with E-state index in [1.807, 2.05) is 0 Å². The molecule has 22 heavy (non-hydrogen) atoms. The van der Waals surface area contributed by atoms with Crippen LogP contribution >= 0.6 is 11.8 Å². The van der Waals surface area contributed by atoms with Crippen LogP contribution in [0.3, 0.4) is 0 Å². The first-order valence-corrected chi connectivity index (χ1v) is 7.51. The van der Waals surface area contributed by atoms with Crippen molar-refractivity contribution in [1.82, 2.24) is 0 Å². The fraction of sp³-hybridized carbons (Fsp3) is 0.188. The van der Waals surface area contributed by atoms with E-state index < -0.39 is 0 Å². The summed E-state index contributed by atoms with van der Waals surface area (Å²) in [7, 11) is 1.51. The van der Waals surface area contributed by atoms with Crippen LogP contribution in [0, 0.1) is 0 Å². The topological polar surface area (TPSA) is 87.0 Å². The predicted octanol–water partition coefficient (Wildman–Crippen LogP) is 3.23. The van der Waals surface area contributed by atoms with Crippen LogP contribution in [0.15, 0.2) is 35.2 Å². The second-order valence-corrected chi connectivity index (χ2v) is 6.19. The van der Waals surface area contributed by atoms with Crippen molar-refractivity contribution in [3.8, 4) is 23.0 Å². The number of hydrogen-bond acceptors (Lipinski definition) is 6. The molecule has 6 heteroatoms. The third kappa shape index (κ3) is 2.35. The fourth-order valence-corrected chi connectivity index (χ4v) is 3.89. The molecule has 1 heterocycles. The van der Waals surface area contributed by atoms with Gasteiger partial charge in [-0.25, -0.2) is 0 Å². The second kappa shape index (κ2) is 5.46. The highest BCUT2D eigenvalue weighted by Crippen LogP contribution is 2.51. The number of Topliss-reactive ketones (excluding diaryl/α,β-unsaturated/α-hetero) is 1. The molecule has 0 aliphatic carbocycles. The summed E-state index contributed by atoms with van der Waals surface area (Å²) in [6, 6.07) is 7.57. The number of thioether (sulfide) groups is 1. The maximum absolute atomic E-state index is 12.4. The van der Waals surface area contributed by atoms with Gasteiger partial charge in [0.2, 0.25) is 0 Å². The lowest BCUT2D eigenvalue weighted by Crippen LogP contribution is -2.13. The van der Waals surface area contributed by atoms with Crippen molar-refractivity contribution >= 4 is 17.5 Å². The van der Waals surface area contributed by atoms with Crippen LogP contribution in [0.2, 0.25) is 0 Å². The summed E-state index contributed by atoms with van der Waals surface area (Å²) in [6.07, 6.45) is 0.197. The molecule has 1 atom stereocenters. The standard InChI is InChI=1S/C16H14O5S/c1-21-13-5-4-10(18)15-12(20)7-14(22-16(13)15)8-2-3-9(17)11(19)6-8/h2-6,14,17-19H,7H2,1H3. The number of carbonyl (C=O) groups excluding carboxylic acids is 1. The Morgan fingerprint density at radius 1 is 1.09 bits per heavy atom. The number of ketones is 1. The molecule has 1 aliphatic rings. The number of rotatable bonds is 2. The second-order valence-electron chi connectivity index (χ2n) is 4.97. The molecule has 0 aromatic heterocycles. The van der Waals surface area contributed by atoms with Crippen LogP contribution in [0.1, 0.15) is 27.6 Å². The van der Waals surface area contributed by atoms with Crippen LogP contribution in [0.5, 0.6) is 23.0 Å². The Bertz CT molecular complexity index is 756. The van der Waals surface area contributed by atoms with Gasteiger partial charge in [-0.15, -0.1) is 11.8 Å². The summed E-state index contributed by atoms with van der Waals surface area (Å²) < 4.78 is 5.27. The van der Waals surface area contributed by atoms with Crippen molar-refractivity contribution in [2.45, 2.75) is 16.6 Å². The molecule has 3 rings (SSSR count). The van der Waals surface area contributed by atoms with Crippen LogP contribution in [0.25, 0.3) is 0 Å². The molecular weight excluding hydrogens is 304 g/mol. The molecular formula is C16H14O5S. The molecule has 0 bridgehead atoms. The summed E-state index contributed by atoms with van der Waals surface area (Å²) in [6.45, 7) is 0. The summed E-state index contributed by atoms with van der Waals surface area (Å²) in [4.78, 5) is 13.0. The summed E-state index contributed by atoms with van der Waals surface area (Å²) in [5, 5.41) is 28.7. The van der Waals surface area contributed by atoms with Crippen LogP contribution in [0.4, 0.5) is 0 Å². The normalized spacial score (nSPS) is 17.1. The van der Waals surface area contributed by atoms with Gasteiger partial charge in [-0.2, -0.15) is 0 Å². The number of ether oxygens (including phenoxy) is 1. The van der Waals surface area contributed by atoms with Crippen molar-refractivity contribution in [1.29, 1.82) is 0 Å². The lowest BCUT2D eigenvalue weighted by Gasteiger charge is -2.25. The SMILES string of the molecule is COc1ccc(O)c2c1SC(c1ccc(O)c(O)c1)CC2=O. The minimum Gasteiger partial charge on any atom is -0.507 e. The average Bonchev–Trinajstić information content (AvgIpc) is 2.50. The molecule has 0 spiro atoms. The van der Waals surface area contributed by atoms with Gasteiger partial charge in [0.25, 0.3) is 0 Å². The number of fused-ring (bicyclic) bond motifs is 1. The Balaban J connectivity index is 2.05. The molecule has 114 valence electrons. The highest BCUT2D eigenvalue weighted by Gasteiger charge is 2.32. The zero-order valence-electron chi connectivity index (χ0n) is 11.7. The average molecular weight is 318 g/mol.